The Kier molecular flexibility index (Phi) is 15.2. The van der Waals surface area contributed by atoms with Crippen LogP contribution >= 0.6 is 8.46 Å². The van der Waals surface area contributed by atoms with Crippen molar-refractivity contribution in [1.29, 1.82) is 0 Å². The largest absolute Gasteiger partial charge is 0.291 e. The molecule has 0 N–H and O–H groups in total. The average Bonchev–Trinajstić information content (AvgIpc) is 2.31. The van der Waals surface area contributed by atoms with Crippen molar-refractivity contribution < 1.29 is 4.57 Å². The van der Waals surface area contributed by atoms with Crippen molar-refractivity contribution in [3.63, 3.8) is 0 Å². The summed E-state index contributed by atoms with van der Waals surface area (Å²) in [7, 11) is -0.0806. The molecule has 0 aliphatic heterocycles. The zero-order valence-electron chi connectivity index (χ0n) is 11.1. The molecule has 16 heavy (non-hydrogen) atoms. The van der Waals surface area contributed by atoms with Crippen molar-refractivity contribution in [1.82, 2.24) is 0 Å². The Morgan fingerprint density at radius 2 is 1.00 bits per heavy atom. The SMILES string of the molecule is CCCCCCCCCCCCCC[PH]=O. The van der Waals surface area contributed by atoms with Crippen LogP contribution in [-0.4, -0.2) is 6.16 Å². The quantitative estimate of drug-likeness (QED) is 0.300. The van der Waals surface area contributed by atoms with Gasteiger partial charge in [0.05, 0.1) is 8.46 Å². The monoisotopic (exact) mass is 245 g/mol. The van der Waals surface area contributed by atoms with Crippen LogP contribution in [0.5, 0.6) is 0 Å². The van der Waals surface area contributed by atoms with Crippen LogP contribution in [0.1, 0.15) is 84.0 Å². The molecule has 0 aromatic heterocycles. The topological polar surface area (TPSA) is 17.1 Å². The van der Waals surface area contributed by atoms with E-state index in [0.717, 1.165) is 6.16 Å². The smallest absolute Gasteiger partial charge is 0.0581 e. The minimum absolute atomic E-state index is 0.0806. The van der Waals surface area contributed by atoms with Crippen LogP contribution < -0.4 is 0 Å². The first-order chi connectivity index (χ1) is 7.91. The second kappa shape index (κ2) is 15.1. The highest BCUT2D eigenvalue weighted by Crippen LogP contribution is 2.12. The highest BCUT2D eigenvalue weighted by Gasteiger charge is 1.92. The molecule has 1 unspecified atom stereocenters. The Balaban J connectivity index is 2.85. The van der Waals surface area contributed by atoms with Gasteiger partial charge in [-0.1, -0.05) is 77.6 Å². The van der Waals surface area contributed by atoms with Crippen molar-refractivity contribution in [2.75, 3.05) is 6.16 Å². The fourth-order valence-electron chi connectivity index (χ4n) is 2.04. The van der Waals surface area contributed by atoms with E-state index in [1.165, 1.54) is 77.0 Å². The molecule has 97 valence electrons. The van der Waals surface area contributed by atoms with Gasteiger partial charge >= 0.3 is 0 Å². The van der Waals surface area contributed by atoms with E-state index in [1.54, 1.807) is 0 Å². The Morgan fingerprint density at radius 3 is 1.38 bits per heavy atom. The fourth-order valence-corrected chi connectivity index (χ4v) is 2.43. The predicted molar refractivity (Wildman–Crippen MR) is 74.9 cm³/mol. The van der Waals surface area contributed by atoms with Gasteiger partial charge in [-0.2, -0.15) is 0 Å². The van der Waals surface area contributed by atoms with Gasteiger partial charge in [-0.25, -0.2) is 0 Å². The highest BCUT2D eigenvalue weighted by molar-refractivity contribution is 7.23. The molecule has 0 bridgehead atoms. The van der Waals surface area contributed by atoms with Gasteiger partial charge in [-0.05, 0) is 6.42 Å². The van der Waals surface area contributed by atoms with Gasteiger partial charge in [0.25, 0.3) is 0 Å². The van der Waals surface area contributed by atoms with Gasteiger partial charge in [0.1, 0.15) is 0 Å². The lowest BCUT2D eigenvalue weighted by atomic mass is 10.1. The summed E-state index contributed by atoms with van der Waals surface area (Å²) in [5.41, 5.74) is 0. The number of unbranched alkanes of at least 4 members (excludes halogenated alkanes) is 11. The van der Waals surface area contributed by atoms with Gasteiger partial charge in [0.15, 0.2) is 0 Å². The lowest BCUT2D eigenvalue weighted by Crippen LogP contribution is -1.82. The van der Waals surface area contributed by atoms with Gasteiger partial charge < -0.3 is 0 Å². The highest BCUT2D eigenvalue weighted by atomic mass is 31.1. The van der Waals surface area contributed by atoms with E-state index < -0.39 is 0 Å². The van der Waals surface area contributed by atoms with Crippen LogP contribution in [0, 0.1) is 0 Å². The number of hydrogen-bond donors (Lipinski definition) is 0. The van der Waals surface area contributed by atoms with Crippen LogP contribution in [0.3, 0.4) is 0 Å². The van der Waals surface area contributed by atoms with Crippen molar-refractivity contribution in [2.24, 2.45) is 0 Å². The molecular formula is C14H30OP. The molecule has 0 saturated carbocycles. The summed E-state index contributed by atoms with van der Waals surface area (Å²) >= 11 is 0. The third kappa shape index (κ3) is 14.1. The third-order valence-corrected chi connectivity index (χ3v) is 3.69. The maximum atomic E-state index is 10.2. The maximum absolute atomic E-state index is 10.2. The molecule has 1 atom stereocenters. The third-order valence-electron chi connectivity index (χ3n) is 3.13. The van der Waals surface area contributed by atoms with Crippen LogP contribution in [0.25, 0.3) is 0 Å². The zero-order chi connectivity index (χ0) is 11.9. The second-order valence-electron chi connectivity index (χ2n) is 4.78. The van der Waals surface area contributed by atoms with Gasteiger partial charge in [0.2, 0.25) is 0 Å². The Morgan fingerprint density at radius 1 is 0.625 bits per heavy atom. The summed E-state index contributed by atoms with van der Waals surface area (Å²) in [5, 5.41) is 0. The molecule has 0 spiro atoms. The molecular weight excluding hydrogens is 215 g/mol. The molecule has 0 saturated heterocycles. The molecule has 0 aliphatic carbocycles. The minimum atomic E-state index is -0.0806. The molecule has 0 heterocycles. The Hall–Kier alpha value is 0.100. The Bertz CT molecular complexity index is 137. The van der Waals surface area contributed by atoms with Gasteiger partial charge in [0, 0.05) is 6.16 Å². The molecule has 0 fully saturated rings. The van der Waals surface area contributed by atoms with E-state index in [2.05, 4.69) is 6.92 Å². The van der Waals surface area contributed by atoms with E-state index in [9.17, 15) is 4.57 Å². The number of rotatable bonds is 13. The second-order valence-corrected chi connectivity index (χ2v) is 5.57. The summed E-state index contributed by atoms with van der Waals surface area (Å²) in [6.45, 7) is 2.27. The molecule has 0 aliphatic rings. The molecule has 2 heteroatoms. The van der Waals surface area contributed by atoms with Gasteiger partial charge in [-0.15, -0.1) is 0 Å². The summed E-state index contributed by atoms with van der Waals surface area (Å²) < 4.78 is 10.2. The first-order valence-corrected chi connectivity index (χ1v) is 8.38. The van der Waals surface area contributed by atoms with Crippen LogP contribution in [0.4, 0.5) is 0 Å². The van der Waals surface area contributed by atoms with E-state index in [0.29, 0.717) is 0 Å². The summed E-state index contributed by atoms with van der Waals surface area (Å²) in [5.74, 6) is 0. The molecule has 1 nitrogen and oxygen atoms in total. The molecule has 0 aromatic rings. The molecule has 0 amide bonds. The van der Waals surface area contributed by atoms with Crippen LogP contribution in [0.15, 0.2) is 0 Å². The minimum Gasteiger partial charge on any atom is -0.291 e. The Labute approximate surface area is 104 Å². The fraction of sp³-hybridized carbons (Fsp3) is 1.00. The summed E-state index contributed by atoms with van der Waals surface area (Å²) in [4.78, 5) is 0. The normalized spacial score (nSPS) is 11.1. The summed E-state index contributed by atoms with van der Waals surface area (Å²) in [6, 6.07) is 0. The average molecular weight is 245 g/mol. The standard InChI is InChI=1S/C14H30OP/c1-2-3-4-5-6-7-8-9-10-11-12-13-14-16-15/h16H,2-14H2,1H3. The van der Waals surface area contributed by atoms with E-state index in [1.807, 2.05) is 0 Å². The zero-order valence-corrected chi connectivity index (χ0v) is 12.1. The molecule has 0 rings (SSSR count). The van der Waals surface area contributed by atoms with E-state index in [4.69, 9.17) is 0 Å². The predicted octanol–water partition coefficient (Wildman–Crippen LogP) is 5.71. The van der Waals surface area contributed by atoms with Crippen molar-refractivity contribution in [2.45, 2.75) is 84.0 Å². The maximum Gasteiger partial charge on any atom is 0.0581 e. The van der Waals surface area contributed by atoms with E-state index >= 15 is 0 Å². The lowest BCUT2D eigenvalue weighted by Gasteiger charge is -2.01. The molecule has 0 aromatic carbocycles. The first kappa shape index (κ1) is 16.1. The van der Waals surface area contributed by atoms with Crippen molar-refractivity contribution in [3.05, 3.63) is 0 Å². The van der Waals surface area contributed by atoms with Crippen LogP contribution in [-0.2, 0) is 4.57 Å². The first-order valence-electron chi connectivity index (χ1n) is 7.26. The van der Waals surface area contributed by atoms with Crippen molar-refractivity contribution in [3.8, 4) is 0 Å². The van der Waals surface area contributed by atoms with Crippen molar-refractivity contribution >= 4 is 8.46 Å². The van der Waals surface area contributed by atoms with E-state index in [-0.39, 0.29) is 8.46 Å². The summed E-state index contributed by atoms with van der Waals surface area (Å²) in [6.07, 6.45) is 17.5. The van der Waals surface area contributed by atoms with Gasteiger partial charge in [-0.3, -0.25) is 4.57 Å². The van der Waals surface area contributed by atoms with Crippen LogP contribution in [0.2, 0.25) is 0 Å². The number of hydrogen-bond acceptors (Lipinski definition) is 1. The lowest BCUT2D eigenvalue weighted by molar-refractivity contribution is 0.547. The molecule has 1 radical (unpaired) electrons.